The minimum Gasteiger partial charge on any atom is -0.309 e. The molecule has 57 heavy (non-hydrogen) atoms. The van der Waals surface area contributed by atoms with E-state index >= 15 is 0 Å². The van der Waals surface area contributed by atoms with Gasteiger partial charge in [0.2, 0.25) is 0 Å². The molecule has 0 atom stereocenters. The van der Waals surface area contributed by atoms with Crippen LogP contribution < -0.4 is 4.90 Å². The fraction of sp³-hybridized carbons (Fsp3) is 0.107. The average molecular weight is 730 g/mol. The Labute approximate surface area is 335 Å². The summed E-state index contributed by atoms with van der Waals surface area (Å²) in [7, 11) is 0. The number of benzene rings is 9. The number of hydrogen-bond donors (Lipinski definition) is 0. The molecule has 0 saturated carbocycles. The molecule has 0 aliphatic carbocycles. The molecular formula is C56H43N. The maximum absolute atomic E-state index is 2.57. The molecule has 0 radical (unpaired) electrons. The van der Waals surface area contributed by atoms with Gasteiger partial charge in [0, 0.05) is 10.8 Å². The van der Waals surface area contributed by atoms with Gasteiger partial charge >= 0.3 is 0 Å². The Hall–Kier alpha value is -6.70. The van der Waals surface area contributed by atoms with E-state index in [9.17, 15) is 0 Å². The van der Waals surface area contributed by atoms with Gasteiger partial charge in [-0.25, -0.2) is 0 Å². The number of para-hydroxylation sites is 1. The predicted octanol–water partition coefficient (Wildman–Crippen LogP) is 15.4. The molecule has 9 aromatic rings. The fourth-order valence-electron chi connectivity index (χ4n) is 9.76. The Balaban J connectivity index is 1.07. The quantitative estimate of drug-likeness (QED) is 0.174. The molecule has 1 heteroatoms. The number of nitrogens with zero attached hydrogens (tertiary/aromatic N) is 1. The number of hydrogen-bond acceptors (Lipinski definition) is 1. The van der Waals surface area contributed by atoms with Gasteiger partial charge < -0.3 is 4.90 Å². The van der Waals surface area contributed by atoms with Crippen molar-refractivity contribution in [1.82, 2.24) is 0 Å². The summed E-state index contributed by atoms with van der Waals surface area (Å²) in [5.74, 6) is 0. The molecule has 2 aliphatic rings. The Morgan fingerprint density at radius 3 is 1.26 bits per heavy atom. The van der Waals surface area contributed by atoms with Gasteiger partial charge in [0.05, 0.1) is 17.1 Å². The minimum absolute atomic E-state index is 0.195. The minimum atomic E-state index is -0.268. The molecule has 11 rings (SSSR count). The summed E-state index contributed by atoms with van der Waals surface area (Å²) in [6.45, 7) is 9.66. The van der Waals surface area contributed by atoms with Crippen LogP contribution in [0.15, 0.2) is 188 Å². The standard InChI is InChI=1S/C56H43N/c1-55(2)48-21-9-10-22-52(48)57-53-28-27-46(42-19-11-17-40(31-42)44-25-23-36-13-5-7-15-38(36)29-44)33-49(53)56(3,4)51-35-47(34-50(55)54(51)57)43-20-12-18-41(32-43)45-26-24-37-14-6-8-16-39(37)30-45/h5-35H,1-4H3. The van der Waals surface area contributed by atoms with Crippen molar-refractivity contribution in [1.29, 1.82) is 0 Å². The van der Waals surface area contributed by atoms with Crippen molar-refractivity contribution in [2.45, 2.75) is 38.5 Å². The van der Waals surface area contributed by atoms with Crippen LogP contribution in [0.4, 0.5) is 17.1 Å². The van der Waals surface area contributed by atoms with Crippen molar-refractivity contribution in [2.24, 2.45) is 0 Å². The highest BCUT2D eigenvalue weighted by Crippen LogP contribution is 2.61. The van der Waals surface area contributed by atoms with Crippen LogP contribution >= 0.6 is 0 Å². The normalized spacial score (nSPS) is 14.6. The summed E-state index contributed by atoms with van der Waals surface area (Å²) in [5, 5.41) is 5.06. The first-order valence-corrected chi connectivity index (χ1v) is 20.2. The maximum atomic E-state index is 2.57. The lowest BCUT2D eigenvalue weighted by atomic mass is 9.65. The molecule has 0 spiro atoms. The Bertz CT molecular complexity index is 3090. The van der Waals surface area contributed by atoms with Gasteiger partial charge in [-0.2, -0.15) is 0 Å². The smallest absolute Gasteiger partial charge is 0.0544 e. The van der Waals surface area contributed by atoms with Crippen LogP contribution in [0.25, 0.3) is 66.1 Å². The van der Waals surface area contributed by atoms with Crippen molar-refractivity contribution in [3.8, 4) is 44.5 Å². The molecule has 0 bridgehead atoms. The third-order valence-electron chi connectivity index (χ3n) is 13.0. The van der Waals surface area contributed by atoms with Crippen molar-refractivity contribution in [3.63, 3.8) is 0 Å². The predicted molar refractivity (Wildman–Crippen MR) is 242 cm³/mol. The monoisotopic (exact) mass is 729 g/mol. The van der Waals surface area contributed by atoms with Crippen molar-refractivity contribution in [2.75, 3.05) is 4.90 Å². The molecule has 0 amide bonds. The van der Waals surface area contributed by atoms with Crippen molar-refractivity contribution in [3.05, 3.63) is 210 Å². The van der Waals surface area contributed by atoms with Crippen LogP contribution in [0.3, 0.4) is 0 Å². The molecule has 272 valence electrons. The third-order valence-corrected chi connectivity index (χ3v) is 13.0. The number of anilines is 3. The van der Waals surface area contributed by atoms with Crippen LogP contribution in [0.5, 0.6) is 0 Å². The van der Waals surface area contributed by atoms with Gasteiger partial charge in [-0.1, -0.05) is 161 Å². The molecule has 0 fully saturated rings. The topological polar surface area (TPSA) is 3.24 Å². The second-order valence-electron chi connectivity index (χ2n) is 17.0. The zero-order chi connectivity index (χ0) is 38.5. The highest BCUT2D eigenvalue weighted by molar-refractivity contribution is 5.96. The van der Waals surface area contributed by atoms with E-state index in [2.05, 4.69) is 221 Å². The SMILES string of the molecule is CC1(C)c2ccccc2N2c3ccc(-c4cccc(-c5ccc6ccccc6c5)c4)cc3C(C)(C)c3cc(-c4cccc(-c5ccc6ccccc6c5)c4)cc1c32. The summed E-state index contributed by atoms with van der Waals surface area (Å²) in [6, 6.07) is 70.2. The second-order valence-corrected chi connectivity index (χ2v) is 17.0. The van der Waals surface area contributed by atoms with Crippen LogP contribution in [-0.4, -0.2) is 0 Å². The average Bonchev–Trinajstić information content (AvgIpc) is 3.26. The lowest BCUT2D eigenvalue weighted by molar-refractivity contribution is 0.598. The Morgan fingerprint density at radius 1 is 0.281 bits per heavy atom. The molecule has 0 saturated heterocycles. The largest absolute Gasteiger partial charge is 0.309 e. The van der Waals surface area contributed by atoms with Gasteiger partial charge in [0.25, 0.3) is 0 Å². The van der Waals surface area contributed by atoms with Gasteiger partial charge in [-0.15, -0.1) is 0 Å². The van der Waals surface area contributed by atoms with Crippen LogP contribution in [0.2, 0.25) is 0 Å². The third kappa shape index (κ3) is 5.22. The molecule has 0 aromatic heterocycles. The number of rotatable bonds is 4. The summed E-state index contributed by atoms with van der Waals surface area (Å²) in [4.78, 5) is 2.57. The Kier molecular flexibility index (Phi) is 7.32. The van der Waals surface area contributed by atoms with E-state index in [1.807, 2.05) is 0 Å². The first-order chi connectivity index (χ1) is 27.7. The first kappa shape index (κ1) is 33.6. The van der Waals surface area contributed by atoms with E-state index in [1.54, 1.807) is 0 Å². The Morgan fingerprint density at radius 2 is 0.684 bits per heavy atom. The molecule has 2 aliphatic heterocycles. The maximum Gasteiger partial charge on any atom is 0.0544 e. The molecule has 1 nitrogen and oxygen atoms in total. The molecular weight excluding hydrogens is 687 g/mol. The molecule has 2 heterocycles. The van der Waals surface area contributed by atoms with Gasteiger partial charge in [-0.3, -0.25) is 0 Å². The second kappa shape index (κ2) is 12.4. The van der Waals surface area contributed by atoms with Crippen LogP contribution in [-0.2, 0) is 10.8 Å². The van der Waals surface area contributed by atoms with Gasteiger partial charge in [0.1, 0.15) is 0 Å². The van der Waals surface area contributed by atoms with Crippen LogP contribution in [0, 0.1) is 0 Å². The fourth-order valence-corrected chi connectivity index (χ4v) is 9.76. The zero-order valence-corrected chi connectivity index (χ0v) is 32.8. The molecule has 9 aromatic carbocycles. The number of fused-ring (bicyclic) bond motifs is 6. The summed E-state index contributed by atoms with van der Waals surface area (Å²) in [5.41, 5.74) is 18.7. The van der Waals surface area contributed by atoms with E-state index in [1.165, 1.54) is 105 Å². The van der Waals surface area contributed by atoms with Crippen molar-refractivity contribution >= 4 is 38.6 Å². The van der Waals surface area contributed by atoms with Crippen molar-refractivity contribution < 1.29 is 0 Å². The summed E-state index contributed by atoms with van der Waals surface area (Å²) >= 11 is 0. The van der Waals surface area contributed by atoms with E-state index < -0.39 is 0 Å². The summed E-state index contributed by atoms with van der Waals surface area (Å²) < 4.78 is 0. The highest BCUT2D eigenvalue weighted by atomic mass is 15.2. The zero-order valence-electron chi connectivity index (χ0n) is 32.8. The lowest BCUT2D eigenvalue weighted by Crippen LogP contribution is -2.38. The van der Waals surface area contributed by atoms with E-state index in [4.69, 9.17) is 0 Å². The van der Waals surface area contributed by atoms with E-state index in [0.717, 1.165) is 0 Å². The molecule has 0 unspecified atom stereocenters. The van der Waals surface area contributed by atoms with E-state index in [0.29, 0.717) is 0 Å². The highest BCUT2D eigenvalue weighted by Gasteiger charge is 2.45. The van der Waals surface area contributed by atoms with E-state index in [-0.39, 0.29) is 10.8 Å². The van der Waals surface area contributed by atoms with Gasteiger partial charge in [0.15, 0.2) is 0 Å². The first-order valence-electron chi connectivity index (χ1n) is 20.2. The van der Waals surface area contributed by atoms with Crippen LogP contribution in [0.1, 0.15) is 49.9 Å². The molecule has 0 N–H and O–H groups in total. The van der Waals surface area contributed by atoms with Gasteiger partial charge in [-0.05, 0) is 143 Å². The lowest BCUT2D eigenvalue weighted by Gasteiger charge is -2.50. The summed E-state index contributed by atoms with van der Waals surface area (Å²) in [6.07, 6.45) is 0.